The van der Waals surface area contributed by atoms with Crippen LogP contribution >= 0.6 is 0 Å². The highest BCUT2D eigenvalue weighted by Crippen LogP contribution is 2.14. The molecule has 110 valence electrons. The fourth-order valence-corrected chi connectivity index (χ4v) is 1.95. The van der Waals surface area contributed by atoms with Gasteiger partial charge >= 0.3 is 6.55 Å². The second-order valence-corrected chi connectivity index (χ2v) is 4.99. The van der Waals surface area contributed by atoms with E-state index in [0.717, 1.165) is 16.1 Å². The number of nitrogens with zero attached hydrogens (tertiary/aromatic N) is 4. The summed E-state index contributed by atoms with van der Waals surface area (Å²) in [5.41, 5.74) is 2.52. The molecule has 0 unspecified atom stereocenters. The van der Waals surface area contributed by atoms with Crippen LogP contribution in [0, 0.1) is 0 Å². The summed E-state index contributed by atoms with van der Waals surface area (Å²) in [5, 5.41) is 11.1. The molecule has 0 saturated carbocycles. The number of nitrogens with one attached hydrogen (secondary N) is 1. The van der Waals surface area contributed by atoms with Crippen molar-refractivity contribution in [2.24, 2.45) is 7.05 Å². The standard InChI is InChI=1S/C13H19F2N5/c1-9(2)12-6-11(19(3)18-12)8-16-7-10-4-5-17-20(10)13(14)15/h4-6,9,13,16H,7-8H2,1-3H3. The number of aromatic nitrogens is 4. The lowest BCUT2D eigenvalue weighted by atomic mass is 10.1. The lowest BCUT2D eigenvalue weighted by Gasteiger charge is -2.07. The molecule has 2 heterocycles. The molecule has 0 saturated heterocycles. The first-order chi connectivity index (χ1) is 9.49. The van der Waals surface area contributed by atoms with E-state index in [2.05, 4.69) is 29.4 Å². The van der Waals surface area contributed by atoms with Gasteiger partial charge in [-0.15, -0.1) is 0 Å². The van der Waals surface area contributed by atoms with Crippen LogP contribution in [0.5, 0.6) is 0 Å². The van der Waals surface area contributed by atoms with E-state index in [9.17, 15) is 8.78 Å². The zero-order valence-corrected chi connectivity index (χ0v) is 11.8. The molecule has 0 amide bonds. The highest BCUT2D eigenvalue weighted by Gasteiger charge is 2.12. The molecule has 0 bridgehead atoms. The van der Waals surface area contributed by atoms with Crippen molar-refractivity contribution in [3.63, 3.8) is 0 Å². The Morgan fingerprint density at radius 2 is 1.95 bits per heavy atom. The van der Waals surface area contributed by atoms with Gasteiger partial charge in [0, 0.05) is 26.3 Å². The number of halogens is 2. The van der Waals surface area contributed by atoms with E-state index in [-0.39, 0.29) is 0 Å². The molecule has 0 fully saturated rings. The predicted octanol–water partition coefficient (Wildman–Crippen LogP) is 2.42. The minimum Gasteiger partial charge on any atom is -0.306 e. The molecule has 0 atom stereocenters. The summed E-state index contributed by atoms with van der Waals surface area (Å²) in [4.78, 5) is 0. The van der Waals surface area contributed by atoms with E-state index < -0.39 is 6.55 Å². The lowest BCUT2D eigenvalue weighted by molar-refractivity contribution is 0.0531. The average Bonchev–Trinajstić information content (AvgIpc) is 2.97. The molecule has 5 nitrogen and oxygen atoms in total. The first kappa shape index (κ1) is 14.6. The number of hydrogen-bond acceptors (Lipinski definition) is 3. The molecular weight excluding hydrogens is 264 g/mol. The Kier molecular flexibility index (Phi) is 4.49. The van der Waals surface area contributed by atoms with Gasteiger partial charge < -0.3 is 5.32 Å². The number of hydrogen-bond donors (Lipinski definition) is 1. The molecule has 1 N–H and O–H groups in total. The third-order valence-corrected chi connectivity index (χ3v) is 3.14. The molecule has 7 heteroatoms. The van der Waals surface area contributed by atoms with Gasteiger partial charge in [0.05, 0.1) is 17.1 Å². The highest BCUT2D eigenvalue weighted by molar-refractivity contribution is 5.13. The van der Waals surface area contributed by atoms with Crippen LogP contribution in [0.2, 0.25) is 0 Å². The SMILES string of the molecule is CC(C)c1cc(CNCc2ccnn2C(F)F)n(C)n1. The minimum absolute atomic E-state index is 0.340. The summed E-state index contributed by atoms with van der Waals surface area (Å²) < 4.78 is 27.8. The van der Waals surface area contributed by atoms with Crippen molar-refractivity contribution in [1.29, 1.82) is 0 Å². The fourth-order valence-electron chi connectivity index (χ4n) is 1.95. The van der Waals surface area contributed by atoms with Crippen LogP contribution in [0.1, 0.15) is 43.4 Å². The first-order valence-corrected chi connectivity index (χ1v) is 6.53. The largest absolute Gasteiger partial charge is 0.333 e. The molecule has 0 aliphatic rings. The van der Waals surface area contributed by atoms with E-state index in [4.69, 9.17) is 0 Å². The maximum Gasteiger partial charge on any atom is 0.333 e. The van der Waals surface area contributed by atoms with E-state index in [1.807, 2.05) is 17.8 Å². The van der Waals surface area contributed by atoms with Crippen molar-refractivity contribution < 1.29 is 8.78 Å². The normalized spacial score (nSPS) is 11.8. The van der Waals surface area contributed by atoms with Crippen LogP contribution < -0.4 is 5.32 Å². The Hall–Kier alpha value is -1.76. The second kappa shape index (κ2) is 6.13. The smallest absolute Gasteiger partial charge is 0.306 e. The number of alkyl halides is 2. The van der Waals surface area contributed by atoms with Gasteiger partial charge in [0.15, 0.2) is 0 Å². The summed E-state index contributed by atoms with van der Waals surface area (Å²) in [6, 6.07) is 3.62. The van der Waals surface area contributed by atoms with Crippen molar-refractivity contribution >= 4 is 0 Å². The summed E-state index contributed by atoms with van der Waals surface area (Å²) in [6.45, 7) is 2.48. The van der Waals surface area contributed by atoms with Crippen LogP contribution in [-0.2, 0) is 20.1 Å². The number of aryl methyl sites for hydroxylation is 1. The zero-order chi connectivity index (χ0) is 14.7. The topological polar surface area (TPSA) is 47.7 Å². The molecular formula is C13H19F2N5. The van der Waals surface area contributed by atoms with E-state index >= 15 is 0 Å². The van der Waals surface area contributed by atoms with Gasteiger partial charge in [-0.3, -0.25) is 4.68 Å². The molecule has 2 aromatic rings. The van der Waals surface area contributed by atoms with Crippen molar-refractivity contribution in [3.8, 4) is 0 Å². The summed E-state index contributed by atoms with van der Waals surface area (Å²) in [7, 11) is 1.88. The Bertz CT molecular complexity index is 559. The third kappa shape index (κ3) is 3.22. The molecule has 0 radical (unpaired) electrons. The van der Waals surface area contributed by atoms with Gasteiger partial charge in [0.1, 0.15) is 0 Å². The summed E-state index contributed by atoms with van der Waals surface area (Å²) in [6.07, 6.45) is 1.38. The summed E-state index contributed by atoms with van der Waals surface area (Å²) in [5.74, 6) is 0.371. The van der Waals surface area contributed by atoms with Gasteiger partial charge in [-0.2, -0.15) is 19.0 Å². The van der Waals surface area contributed by atoms with Crippen molar-refractivity contribution in [1.82, 2.24) is 24.9 Å². The van der Waals surface area contributed by atoms with E-state index in [1.54, 1.807) is 6.07 Å². The van der Waals surface area contributed by atoms with Gasteiger partial charge in [-0.1, -0.05) is 13.8 Å². The Labute approximate surface area is 116 Å². The lowest BCUT2D eigenvalue weighted by Crippen LogP contribution is -2.18. The third-order valence-electron chi connectivity index (χ3n) is 3.14. The van der Waals surface area contributed by atoms with Crippen molar-refractivity contribution in [2.75, 3.05) is 0 Å². The Morgan fingerprint density at radius 3 is 2.55 bits per heavy atom. The van der Waals surface area contributed by atoms with Crippen LogP contribution in [0.15, 0.2) is 18.3 Å². The molecule has 0 aromatic carbocycles. The summed E-state index contributed by atoms with van der Waals surface area (Å²) >= 11 is 0. The van der Waals surface area contributed by atoms with Crippen molar-refractivity contribution in [3.05, 3.63) is 35.4 Å². The first-order valence-electron chi connectivity index (χ1n) is 6.53. The van der Waals surface area contributed by atoms with Crippen LogP contribution in [0.4, 0.5) is 8.78 Å². The monoisotopic (exact) mass is 283 g/mol. The fraction of sp³-hybridized carbons (Fsp3) is 0.538. The second-order valence-electron chi connectivity index (χ2n) is 4.99. The van der Waals surface area contributed by atoms with E-state index in [1.165, 1.54) is 6.20 Å². The minimum atomic E-state index is -2.61. The molecule has 0 aliphatic carbocycles. The Morgan fingerprint density at radius 1 is 1.25 bits per heavy atom. The number of rotatable bonds is 6. The quantitative estimate of drug-likeness (QED) is 0.885. The van der Waals surface area contributed by atoms with Crippen molar-refractivity contribution in [2.45, 2.75) is 39.4 Å². The molecule has 0 aliphatic heterocycles. The Balaban J connectivity index is 1.94. The maximum atomic E-state index is 12.6. The van der Waals surface area contributed by atoms with Gasteiger partial charge in [-0.25, -0.2) is 4.68 Å². The van der Waals surface area contributed by atoms with Crippen LogP contribution in [0.25, 0.3) is 0 Å². The molecule has 0 spiro atoms. The van der Waals surface area contributed by atoms with Crippen LogP contribution in [0.3, 0.4) is 0 Å². The van der Waals surface area contributed by atoms with Gasteiger partial charge in [-0.05, 0) is 18.1 Å². The molecule has 2 aromatic heterocycles. The van der Waals surface area contributed by atoms with Gasteiger partial charge in [0.2, 0.25) is 0 Å². The van der Waals surface area contributed by atoms with Gasteiger partial charge in [0.25, 0.3) is 0 Å². The van der Waals surface area contributed by atoms with Crippen LogP contribution in [-0.4, -0.2) is 19.6 Å². The average molecular weight is 283 g/mol. The van der Waals surface area contributed by atoms with E-state index in [0.29, 0.717) is 24.7 Å². The maximum absolute atomic E-state index is 12.6. The highest BCUT2D eigenvalue weighted by atomic mass is 19.3. The zero-order valence-electron chi connectivity index (χ0n) is 11.8. The molecule has 2 rings (SSSR count). The molecule has 20 heavy (non-hydrogen) atoms. The predicted molar refractivity (Wildman–Crippen MR) is 71.3 cm³/mol.